The summed E-state index contributed by atoms with van der Waals surface area (Å²) in [6.45, 7) is 2.60. The number of hydrogen-bond acceptors (Lipinski definition) is 5. The summed E-state index contributed by atoms with van der Waals surface area (Å²) in [7, 11) is 0. The van der Waals surface area contributed by atoms with Crippen molar-refractivity contribution in [2.24, 2.45) is 5.73 Å². The molecule has 3 heterocycles. The Bertz CT molecular complexity index is 411. The fourth-order valence-corrected chi connectivity index (χ4v) is 3.29. The van der Waals surface area contributed by atoms with Crippen molar-refractivity contribution in [3.05, 3.63) is 12.4 Å². The number of hydrogen-bond donors (Lipinski definition) is 1. The molecule has 2 aliphatic heterocycles. The minimum atomic E-state index is 0.354. The zero-order valence-electron chi connectivity index (χ0n) is 10.7. The average Bonchev–Trinajstić information content (AvgIpc) is 2.63. The van der Waals surface area contributed by atoms with Gasteiger partial charge in [0.15, 0.2) is 0 Å². The van der Waals surface area contributed by atoms with Gasteiger partial charge in [-0.15, -0.1) is 0 Å². The van der Waals surface area contributed by atoms with E-state index in [4.69, 9.17) is 10.5 Å². The van der Waals surface area contributed by atoms with Crippen molar-refractivity contribution in [3.63, 3.8) is 0 Å². The molecule has 0 saturated carbocycles. The summed E-state index contributed by atoms with van der Waals surface area (Å²) < 4.78 is 5.45. The van der Waals surface area contributed by atoms with Crippen LogP contribution in [0.25, 0.3) is 0 Å². The van der Waals surface area contributed by atoms with Gasteiger partial charge in [0.1, 0.15) is 12.1 Å². The Morgan fingerprint density at radius 1 is 1.33 bits per heavy atom. The average molecular weight is 248 g/mol. The van der Waals surface area contributed by atoms with Crippen molar-refractivity contribution in [1.29, 1.82) is 0 Å². The first-order valence-corrected chi connectivity index (χ1v) is 6.76. The highest BCUT2D eigenvalue weighted by atomic mass is 16.5. The van der Waals surface area contributed by atoms with Gasteiger partial charge >= 0.3 is 0 Å². The maximum absolute atomic E-state index is 6.09. The highest BCUT2D eigenvalue weighted by Gasteiger charge is 2.40. The molecule has 0 amide bonds. The summed E-state index contributed by atoms with van der Waals surface area (Å²) >= 11 is 0. The molecule has 2 saturated heterocycles. The Morgan fingerprint density at radius 2 is 2.06 bits per heavy atom. The minimum Gasteiger partial charge on any atom is -0.478 e. The van der Waals surface area contributed by atoms with Gasteiger partial charge in [0.05, 0.1) is 6.61 Å². The second kappa shape index (κ2) is 4.72. The summed E-state index contributed by atoms with van der Waals surface area (Å²) in [6.07, 6.45) is 6.20. The molecule has 5 nitrogen and oxygen atoms in total. The highest BCUT2D eigenvalue weighted by Crippen LogP contribution is 2.38. The standard InChI is InChI=1S/C13H20N4O/c1-2-18-13-7-12(15-8-16-13)17-10-3-4-11(17)6-9(14)5-10/h7-11H,2-6,14H2,1H3. The molecule has 2 atom stereocenters. The van der Waals surface area contributed by atoms with E-state index < -0.39 is 0 Å². The largest absolute Gasteiger partial charge is 0.478 e. The van der Waals surface area contributed by atoms with Crippen LogP contribution in [0.1, 0.15) is 32.6 Å². The third kappa shape index (κ3) is 2.03. The van der Waals surface area contributed by atoms with Crippen molar-refractivity contribution in [3.8, 4) is 5.88 Å². The number of anilines is 1. The van der Waals surface area contributed by atoms with E-state index >= 15 is 0 Å². The Hall–Kier alpha value is -1.36. The molecule has 1 aromatic rings. The Morgan fingerprint density at radius 3 is 2.72 bits per heavy atom. The van der Waals surface area contributed by atoms with Gasteiger partial charge in [-0.05, 0) is 32.6 Å². The fraction of sp³-hybridized carbons (Fsp3) is 0.692. The lowest BCUT2D eigenvalue weighted by atomic mass is 9.98. The number of piperidine rings is 1. The predicted molar refractivity (Wildman–Crippen MR) is 69.7 cm³/mol. The Balaban J connectivity index is 1.84. The lowest BCUT2D eigenvalue weighted by molar-refractivity contribution is 0.325. The number of aromatic nitrogens is 2. The molecule has 2 N–H and O–H groups in total. The first-order valence-electron chi connectivity index (χ1n) is 6.76. The number of nitrogens with zero attached hydrogens (tertiary/aromatic N) is 3. The topological polar surface area (TPSA) is 64.3 Å². The van der Waals surface area contributed by atoms with Crippen LogP contribution in [0.2, 0.25) is 0 Å². The molecule has 2 aliphatic rings. The molecule has 0 aliphatic carbocycles. The Kier molecular flexibility index (Phi) is 3.07. The van der Waals surface area contributed by atoms with Gasteiger partial charge in [-0.2, -0.15) is 0 Å². The maximum atomic E-state index is 6.09. The van der Waals surface area contributed by atoms with Crippen LogP contribution < -0.4 is 15.4 Å². The van der Waals surface area contributed by atoms with Crippen molar-refractivity contribution in [2.45, 2.75) is 50.7 Å². The highest BCUT2D eigenvalue weighted by molar-refractivity contribution is 5.45. The third-order valence-electron chi connectivity index (χ3n) is 3.95. The quantitative estimate of drug-likeness (QED) is 0.874. The van der Waals surface area contributed by atoms with Gasteiger partial charge in [-0.25, -0.2) is 9.97 Å². The molecule has 2 unspecified atom stereocenters. The SMILES string of the molecule is CCOc1cc(N2C3CCC2CC(N)C3)ncn1. The van der Waals surface area contributed by atoms with E-state index in [1.54, 1.807) is 6.33 Å². The monoisotopic (exact) mass is 248 g/mol. The predicted octanol–water partition coefficient (Wildman–Crippen LogP) is 1.33. The van der Waals surface area contributed by atoms with Crippen molar-refractivity contribution >= 4 is 5.82 Å². The molecule has 98 valence electrons. The molecule has 2 bridgehead atoms. The van der Waals surface area contributed by atoms with Gasteiger partial charge < -0.3 is 15.4 Å². The van der Waals surface area contributed by atoms with E-state index in [0.29, 0.717) is 30.6 Å². The molecule has 1 aromatic heterocycles. The van der Waals surface area contributed by atoms with E-state index in [2.05, 4.69) is 14.9 Å². The van der Waals surface area contributed by atoms with Gasteiger partial charge in [0.2, 0.25) is 5.88 Å². The van der Waals surface area contributed by atoms with Crippen LogP contribution in [-0.2, 0) is 0 Å². The van der Waals surface area contributed by atoms with Gasteiger partial charge in [0.25, 0.3) is 0 Å². The molecular formula is C13H20N4O. The van der Waals surface area contributed by atoms with Crippen molar-refractivity contribution in [1.82, 2.24) is 9.97 Å². The second-order valence-electron chi connectivity index (χ2n) is 5.17. The molecule has 3 rings (SSSR count). The van der Waals surface area contributed by atoms with Gasteiger partial charge in [-0.3, -0.25) is 0 Å². The lowest BCUT2D eigenvalue weighted by Crippen LogP contribution is -2.47. The van der Waals surface area contributed by atoms with Gasteiger partial charge in [-0.1, -0.05) is 0 Å². The normalized spacial score (nSPS) is 30.6. The number of nitrogens with two attached hydrogens (primary N) is 1. The van der Waals surface area contributed by atoms with Crippen molar-refractivity contribution in [2.75, 3.05) is 11.5 Å². The van der Waals surface area contributed by atoms with Crippen LogP contribution in [0.4, 0.5) is 5.82 Å². The fourth-order valence-electron chi connectivity index (χ4n) is 3.29. The maximum Gasteiger partial charge on any atom is 0.218 e. The molecule has 0 spiro atoms. The summed E-state index contributed by atoms with van der Waals surface area (Å²) in [5.74, 6) is 1.66. The Labute approximate surface area is 107 Å². The molecule has 2 fully saturated rings. The first kappa shape index (κ1) is 11.7. The van der Waals surface area contributed by atoms with E-state index in [1.165, 1.54) is 12.8 Å². The molecular weight excluding hydrogens is 228 g/mol. The number of fused-ring (bicyclic) bond motifs is 2. The zero-order chi connectivity index (χ0) is 12.5. The van der Waals surface area contributed by atoms with Crippen LogP contribution in [0.5, 0.6) is 5.88 Å². The lowest BCUT2D eigenvalue weighted by Gasteiger charge is -2.38. The summed E-state index contributed by atoms with van der Waals surface area (Å²) in [5.41, 5.74) is 6.09. The summed E-state index contributed by atoms with van der Waals surface area (Å²) in [5, 5.41) is 0. The van der Waals surface area contributed by atoms with E-state index in [-0.39, 0.29) is 0 Å². The van der Waals surface area contributed by atoms with E-state index in [0.717, 1.165) is 18.7 Å². The molecule has 5 heteroatoms. The van der Waals surface area contributed by atoms with Gasteiger partial charge in [0, 0.05) is 24.2 Å². The van der Waals surface area contributed by atoms with Crippen LogP contribution in [0, 0.1) is 0 Å². The molecule has 18 heavy (non-hydrogen) atoms. The smallest absolute Gasteiger partial charge is 0.218 e. The first-order chi connectivity index (χ1) is 8.78. The third-order valence-corrected chi connectivity index (χ3v) is 3.95. The van der Waals surface area contributed by atoms with Crippen LogP contribution >= 0.6 is 0 Å². The number of rotatable bonds is 3. The molecule has 0 aromatic carbocycles. The summed E-state index contributed by atoms with van der Waals surface area (Å²) in [6, 6.07) is 3.39. The van der Waals surface area contributed by atoms with Crippen LogP contribution in [0.15, 0.2) is 12.4 Å². The van der Waals surface area contributed by atoms with E-state index in [9.17, 15) is 0 Å². The van der Waals surface area contributed by atoms with E-state index in [1.807, 2.05) is 13.0 Å². The molecule has 0 radical (unpaired) electrons. The van der Waals surface area contributed by atoms with Crippen molar-refractivity contribution < 1.29 is 4.74 Å². The summed E-state index contributed by atoms with van der Waals surface area (Å²) in [4.78, 5) is 11.0. The minimum absolute atomic E-state index is 0.354. The number of ether oxygens (including phenoxy) is 1. The zero-order valence-corrected chi connectivity index (χ0v) is 10.7. The van der Waals surface area contributed by atoms with Crippen LogP contribution in [-0.4, -0.2) is 34.7 Å². The van der Waals surface area contributed by atoms with Crippen LogP contribution in [0.3, 0.4) is 0 Å². The second-order valence-corrected chi connectivity index (χ2v) is 5.17.